The van der Waals surface area contributed by atoms with Crippen LogP contribution < -0.4 is 10.6 Å². The highest BCUT2D eigenvalue weighted by Gasteiger charge is 2.48. The molecule has 29 heavy (non-hydrogen) atoms. The normalized spacial score (nSPS) is 20.8. The highest BCUT2D eigenvalue weighted by Crippen LogP contribution is 2.48. The number of carbonyl (C=O) groups is 3. The van der Waals surface area contributed by atoms with E-state index in [0.29, 0.717) is 17.9 Å². The van der Waals surface area contributed by atoms with Crippen molar-refractivity contribution in [2.75, 3.05) is 5.75 Å². The SMILES string of the molecule is Cc1ccc(CNC(=O)C(C)NC(=O)C2CSC3c4ccccc4C(=O)N23)cc1. The van der Waals surface area contributed by atoms with E-state index in [9.17, 15) is 14.4 Å². The fourth-order valence-electron chi connectivity index (χ4n) is 3.67. The smallest absolute Gasteiger partial charge is 0.256 e. The van der Waals surface area contributed by atoms with Crippen LogP contribution in [0.3, 0.4) is 0 Å². The minimum atomic E-state index is -0.683. The van der Waals surface area contributed by atoms with Gasteiger partial charge in [-0.05, 0) is 31.0 Å². The fourth-order valence-corrected chi connectivity index (χ4v) is 5.13. The number of nitrogens with zero attached hydrogens (tertiary/aromatic N) is 1. The Hall–Kier alpha value is -2.80. The molecule has 2 N–H and O–H groups in total. The van der Waals surface area contributed by atoms with E-state index >= 15 is 0 Å². The number of hydrogen-bond donors (Lipinski definition) is 2. The molecule has 7 heteroatoms. The topological polar surface area (TPSA) is 78.5 Å². The first-order chi connectivity index (χ1) is 14.0. The molecule has 3 unspecified atom stereocenters. The number of rotatable bonds is 5. The highest BCUT2D eigenvalue weighted by atomic mass is 32.2. The maximum absolute atomic E-state index is 12.8. The molecule has 2 aliphatic heterocycles. The van der Waals surface area contributed by atoms with Gasteiger partial charge in [0.1, 0.15) is 17.5 Å². The molecular weight excluding hydrogens is 386 g/mol. The van der Waals surface area contributed by atoms with Crippen LogP contribution in [0.25, 0.3) is 0 Å². The third-order valence-corrected chi connectivity index (χ3v) is 6.64. The largest absolute Gasteiger partial charge is 0.350 e. The molecule has 0 bridgehead atoms. The van der Waals surface area contributed by atoms with Gasteiger partial charge in [0, 0.05) is 17.9 Å². The molecule has 2 heterocycles. The van der Waals surface area contributed by atoms with Gasteiger partial charge >= 0.3 is 0 Å². The molecule has 0 aromatic heterocycles. The van der Waals surface area contributed by atoms with Crippen LogP contribution in [0.1, 0.15) is 39.3 Å². The average molecular weight is 410 g/mol. The summed E-state index contributed by atoms with van der Waals surface area (Å²) in [6, 6.07) is 14.1. The van der Waals surface area contributed by atoms with Crippen LogP contribution in [-0.4, -0.2) is 40.5 Å². The van der Waals surface area contributed by atoms with Crippen LogP contribution >= 0.6 is 11.8 Å². The van der Waals surface area contributed by atoms with Gasteiger partial charge in [-0.25, -0.2) is 0 Å². The predicted molar refractivity (Wildman–Crippen MR) is 112 cm³/mol. The predicted octanol–water partition coefficient (Wildman–Crippen LogP) is 2.39. The summed E-state index contributed by atoms with van der Waals surface area (Å²) in [4.78, 5) is 39.6. The fraction of sp³-hybridized carbons (Fsp3) is 0.318. The third kappa shape index (κ3) is 3.74. The van der Waals surface area contributed by atoms with Crippen molar-refractivity contribution in [2.24, 2.45) is 0 Å². The van der Waals surface area contributed by atoms with Crippen LogP contribution in [-0.2, 0) is 16.1 Å². The number of benzene rings is 2. The maximum atomic E-state index is 12.8. The van der Waals surface area contributed by atoms with Gasteiger partial charge in [-0.3, -0.25) is 14.4 Å². The van der Waals surface area contributed by atoms with Crippen molar-refractivity contribution >= 4 is 29.5 Å². The lowest BCUT2D eigenvalue weighted by molar-refractivity contribution is -0.130. The summed E-state index contributed by atoms with van der Waals surface area (Å²) in [6.45, 7) is 4.07. The molecule has 1 saturated heterocycles. The lowest BCUT2D eigenvalue weighted by atomic mass is 10.1. The Labute approximate surface area is 174 Å². The number of fused-ring (bicyclic) bond motifs is 3. The summed E-state index contributed by atoms with van der Waals surface area (Å²) in [5.41, 5.74) is 3.78. The lowest BCUT2D eigenvalue weighted by Crippen LogP contribution is -2.52. The molecule has 0 radical (unpaired) electrons. The number of aryl methyl sites for hydroxylation is 1. The minimum absolute atomic E-state index is 0.118. The molecule has 4 rings (SSSR count). The van der Waals surface area contributed by atoms with E-state index in [1.54, 1.807) is 29.7 Å². The number of thioether (sulfide) groups is 1. The van der Waals surface area contributed by atoms with E-state index in [-0.39, 0.29) is 23.1 Å². The van der Waals surface area contributed by atoms with Gasteiger partial charge in [-0.2, -0.15) is 0 Å². The van der Waals surface area contributed by atoms with Crippen LogP contribution in [0.2, 0.25) is 0 Å². The molecule has 6 nitrogen and oxygen atoms in total. The van der Waals surface area contributed by atoms with E-state index in [0.717, 1.165) is 16.7 Å². The van der Waals surface area contributed by atoms with Crippen molar-refractivity contribution in [1.82, 2.24) is 15.5 Å². The lowest BCUT2D eigenvalue weighted by Gasteiger charge is -2.24. The van der Waals surface area contributed by atoms with Crippen molar-refractivity contribution in [3.8, 4) is 0 Å². The first-order valence-electron chi connectivity index (χ1n) is 9.62. The molecule has 2 aliphatic rings. The molecule has 3 amide bonds. The molecule has 0 saturated carbocycles. The van der Waals surface area contributed by atoms with E-state index < -0.39 is 12.1 Å². The summed E-state index contributed by atoms with van der Waals surface area (Å²) in [5.74, 6) is -0.141. The van der Waals surface area contributed by atoms with Crippen molar-refractivity contribution < 1.29 is 14.4 Å². The Morgan fingerprint density at radius 1 is 1.17 bits per heavy atom. The van der Waals surface area contributed by atoms with Crippen LogP contribution in [0.5, 0.6) is 0 Å². The monoisotopic (exact) mass is 409 g/mol. The molecule has 3 atom stereocenters. The number of hydrogen-bond acceptors (Lipinski definition) is 4. The van der Waals surface area contributed by atoms with Crippen molar-refractivity contribution in [1.29, 1.82) is 0 Å². The van der Waals surface area contributed by atoms with Crippen LogP contribution in [0.4, 0.5) is 0 Å². The second-order valence-electron chi connectivity index (χ2n) is 7.43. The highest BCUT2D eigenvalue weighted by molar-refractivity contribution is 7.99. The number of amides is 3. The van der Waals surface area contributed by atoms with E-state index in [1.165, 1.54) is 0 Å². The van der Waals surface area contributed by atoms with E-state index in [2.05, 4.69) is 10.6 Å². The molecule has 0 aliphatic carbocycles. The Morgan fingerprint density at radius 2 is 1.90 bits per heavy atom. The van der Waals surface area contributed by atoms with Gasteiger partial charge in [0.2, 0.25) is 11.8 Å². The van der Waals surface area contributed by atoms with Gasteiger partial charge in [0.05, 0.1) is 0 Å². The first-order valence-corrected chi connectivity index (χ1v) is 10.7. The van der Waals surface area contributed by atoms with Gasteiger partial charge < -0.3 is 15.5 Å². The van der Waals surface area contributed by atoms with Crippen molar-refractivity contribution in [3.63, 3.8) is 0 Å². The summed E-state index contributed by atoms with van der Waals surface area (Å²) in [6.07, 6.45) is 0. The standard InChI is InChI=1S/C22H23N3O3S/c1-13-7-9-15(10-8-13)11-23-19(26)14(2)24-20(27)18-12-29-22-17-6-4-3-5-16(17)21(28)25(18)22/h3-10,14,18,22H,11-12H2,1-2H3,(H,23,26)(H,24,27). The molecule has 0 spiro atoms. The summed E-state index contributed by atoms with van der Waals surface area (Å²) in [5, 5.41) is 5.49. The zero-order valence-corrected chi connectivity index (χ0v) is 17.2. The zero-order chi connectivity index (χ0) is 20.5. The van der Waals surface area contributed by atoms with Gasteiger partial charge in [-0.1, -0.05) is 48.0 Å². The summed E-state index contributed by atoms with van der Waals surface area (Å²) < 4.78 is 0. The zero-order valence-electron chi connectivity index (χ0n) is 16.3. The van der Waals surface area contributed by atoms with Gasteiger partial charge in [0.25, 0.3) is 5.91 Å². The van der Waals surface area contributed by atoms with Crippen LogP contribution in [0, 0.1) is 6.92 Å². The van der Waals surface area contributed by atoms with Crippen LogP contribution in [0.15, 0.2) is 48.5 Å². The average Bonchev–Trinajstić information content (AvgIpc) is 3.28. The molecule has 2 aromatic carbocycles. The first kappa shape index (κ1) is 19.5. The Morgan fingerprint density at radius 3 is 2.66 bits per heavy atom. The van der Waals surface area contributed by atoms with E-state index in [4.69, 9.17) is 0 Å². The second kappa shape index (κ2) is 7.91. The van der Waals surface area contributed by atoms with Crippen molar-refractivity contribution in [2.45, 2.75) is 37.8 Å². The third-order valence-electron chi connectivity index (χ3n) is 5.33. The quantitative estimate of drug-likeness (QED) is 0.795. The molecule has 1 fully saturated rings. The van der Waals surface area contributed by atoms with Gasteiger partial charge in [0.15, 0.2) is 0 Å². The second-order valence-corrected chi connectivity index (χ2v) is 8.55. The summed E-state index contributed by atoms with van der Waals surface area (Å²) in [7, 11) is 0. The Kier molecular flexibility index (Phi) is 5.32. The number of nitrogens with one attached hydrogen (secondary N) is 2. The Balaban J connectivity index is 1.35. The van der Waals surface area contributed by atoms with E-state index in [1.807, 2.05) is 49.4 Å². The number of carbonyl (C=O) groups excluding carboxylic acids is 3. The minimum Gasteiger partial charge on any atom is -0.350 e. The molecule has 150 valence electrons. The van der Waals surface area contributed by atoms with Gasteiger partial charge in [-0.15, -0.1) is 11.8 Å². The molecular formula is C22H23N3O3S. The molecule has 2 aromatic rings. The van der Waals surface area contributed by atoms with Crippen molar-refractivity contribution in [3.05, 3.63) is 70.8 Å². The maximum Gasteiger partial charge on any atom is 0.256 e. The Bertz CT molecular complexity index is 960. The summed E-state index contributed by atoms with van der Waals surface area (Å²) >= 11 is 1.58.